The van der Waals surface area contributed by atoms with Crippen LogP contribution in [-0.2, 0) is 12.8 Å². The van der Waals surface area contributed by atoms with Gasteiger partial charge in [-0.1, -0.05) is 136 Å². The molecule has 0 saturated heterocycles. The average molecular weight is 497 g/mol. The van der Waals surface area contributed by atoms with Crippen LogP contribution in [0.1, 0.15) is 10.6 Å². The van der Waals surface area contributed by atoms with E-state index in [9.17, 15) is 0 Å². The lowest BCUT2D eigenvalue weighted by Gasteiger charge is -2.20. The molecule has 2 heteroatoms. The van der Waals surface area contributed by atoms with Crippen molar-refractivity contribution in [3.63, 3.8) is 0 Å². The van der Waals surface area contributed by atoms with Gasteiger partial charge in [-0.05, 0) is 68.9 Å². The first-order valence-electron chi connectivity index (χ1n) is 12.6. The van der Waals surface area contributed by atoms with E-state index in [1.165, 1.54) is 46.2 Å². The maximum atomic E-state index is 2.56. The van der Waals surface area contributed by atoms with Crippen molar-refractivity contribution in [3.05, 3.63) is 144 Å². The minimum atomic E-state index is -0.463. The highest BCUT2D eigenvalue weighted by Gasteiger charge is 2.30. The molecule has 2 atom stereocenters. The molecule has 0 saturated carbocycles. The highest BCUT2D eigenvalue weighted by molar-refractivity contribution is 8.25. The first-order chi connectivity index (χ1) is 17.9. The third-order valence-corrected chi connectivity index (χ3v) is 15.2. The Morgan fingerprint density at radius 1 is 0.361 bits per heavy atom. The van der Waals surface area contributed by atoms with Crippen LogP contribution in [0.4, 0.5) is 0 Å². The third-order valence-electron chi connectivity index (χ3n) is 7.20. The van der Waals surface area contributed by atoms with E-state index in [-0.39, 0.29) is 0 Å². The second-order valence-corrected chi connectivity index (χ2v) is 15.1. The van der Waals surface area contributed by atoms with Crippen LogP contribution in [0.25, 0.3) is 44.0 Å². The molecule has 3 heterocycles. The van der Waals surface area contributed by atoms with E-state index in [1.54, 1.807) is 21.2 Å². The van der Waals surface area contributed by atoms with Gasteiger partial charge >= 0.3 is 0 Å². The summed E-state index contributed by atoms with van der Waals surface area (Å²) < 4.78 is 0. The molecule has 0 fully saturated rings. The van der Waals surface area contributed by atoms with Gasteiger partial charge in [0.25, 0.3) is 0 Å². The summed E-state index contributed by atoms with van der Waals surface area (Å²) in [7, 11) is -0.926. The Bertz CT molecular complexity index is 1510. The van der Waals surface area contributed by atoms with Crippen LogP contribution in [0.5, 0.6) is 0 Å². The van der Waals surface area contributed by atoms with Crippen molar-refractivity contribution in [2.24, 2.45) is 0 Å². The van der Waals surface area contributed by atoms with Gasteiger partial charge in [-0.2, -0.15) is 0 Å². The van der Waals surface area contributed by atoms with E-state index in [2.05, 4.69) is 133 Å². The zero-order valence-electron chi connectivity index (χ0n) is 20.0. The Balaban J connectivity index is 1.58. The Labute approximate surface area is 214 Å². The maximum Gasteiger partial charge on any atom is 0.0172 e. The maximum absolute atomic E-state index is 2.56. The normalized spacial score (nSPS) is 13.2. The van der Waals surface area contributed by atoms with Crippen LogP contribution < -0.4 is 0 Å². The van der Waals surface area contributed by atoms with Gasteiger partial charge in [0.15, 0.2) is 0 Å². The number of benzene rings is 4. The smallest absolute Gasteiger partial charge is 0.0172 e. The van der Waals surface area contributed by atoms with Crippen molar-refractivity contribution >= 4 is 14.4 Å². The van der Waals surface area contributed by atoms with Crippen LogP contribution >= 0.6 is 14.4 Å². The predicted octanol–water partition coefficient (Wildman–Crippen LogP) is 10.7. The van der Waals surface area contributed by atoms with E-state index in [0.717, 1.165) is 0 Å². The molecule has 6 aromatic rings. The zero-order valence-corrected chi connectivity index (χ0v) is 21.8. The quantitative estimate of drug-likeness (QED) is 0.228. The molecule has 172 valence electrons. The summed E-state index contributed by atoms with van der Waals surface area (Å²) in [6.45, 7) is 0. The molecule has 2 aromatic heterocycles. The minimum Gasteiger partial charge on any atom is -0.0636 e. The summed E-state index contributed by atoms with van der Waals surface area (Å²) in [6.07, 6.45) is 2.35. The summed E-state index contributed by atoms with van der Waals surface area (Å²) in [5.74, 6) is 0. The molecular weight excluding hydrogens is 470 g/mol. The van der Waals surface area contributed by atoms with Crippen molar-refractivity contribution in [2.75, 3.05) is 0 Å². The Kier molecular flexibility index (Phi) is 5.51. The van der Waals surface area contributed by atoms with Crippen LogP contribution in [0, 0.1) is 0 Å². The second-order valence-electron chi connectivity index (χ2n) is 9.38. The SMILES string of the molecule is c1ccc(-c2cc3p(c2-c2ccccc2)-p2c(cc(-c4ccccc4)c2-c2ccccc2)CC3)cc1. The molecule has 4 aromatic carbocycles. The van der Waals surface area contributed by atoms with Crippen LogP contribution in [0.2, 0.25) is 0 Å². The van der Waals surface area contributed by atoms with E-state index in [1.807, 2.05) is 0 Å². The standard InChI is InChI=1S/C34H26P2/c1-5-13-25(14-6-1)31-23-29-21-22-30-24-32(26-15-7-2-8-16-26)34(28-19-11-4-12-20-28)36(30)35(29)33(31)27-17-9-3-10-18-27/h1-20,23-24H,21-22H2. The third kappa shape index (κ3) is 3.61. The fraction of sp³-hybridized carbons (Fsp3) is 0.0588. The first-order valence-corrected chi connectivity index (χ1v) is 16.0. The lowest BCUT2D eigenvalue weighted by Crippen LogP contribution is -1.89. The fourth-order valence-electron chi connectivity index (χ4n) is 5.60. The zero-order chi connectivity index (χ0) is 23.9. The van der Waals surface area contributed by atoms with Crippen LogP contribution in [-0.4, -0.2) is 0 Å². The van der Waals surface area contributed by atoms with Crippen molar-refractivity contribution < 1.29 is 0 Å². The summed E-state index contributed by atoms with van der Waals surface area (Å²) >= 11 is 0. The molecule has 0 N–H and O–H groups in total. The number of rotatable bonds is 4. The molecular formula is C34H26P2. The molecule has 0 spiro atoms. The first kappa shape index (κ1) is 21.7. The van der Waals surface area contributed by atoms with Gasteiger partial charge in [-0.15, -0.1) is 0 Å². The molecule has 7 rings (SSSR count). The van der Waals surface area contributed by atoms with Crippen molar-refractivity contribution in [1.29, 1.82) is 0 Å². The molecule has 1 aliphatic rings. The Morgan fingerprint density at radius 3 is 1.00 bits per heavy atom. The van der Waals surface area contributed by atoms with E-state index < -0.39 is 14.4 Å². The molecule has 0 nitrogen and oxygen atoms in total. The minimum absolute atomic E-state index is 0.463. The van der Waals surface area contributed by atoms with Crippen LogP contribution in [0.15, 0.2) is 133 Å². The molecule has 2 unspecified atom stereocenters. The Hall–Kier alpha value is -3.56. The largest absolute Gasteiger partial charge is 0.0636 e. The highest BCUT2D eigenvalue weighted by atomic mass is 32.0. The molecule has 36 heavy (non-hydrogen) atoms. The van der Waals surface area contributed by atoms with Gasteiger partial charge in [-0.25, -0.2) is 0 Å². The summed E-state index contributed by atoms with van der Waals surface area (Å²) in [4.78, 5) is 0. The van der Waals surface area contributed by atoms with E-state index >= 15 is 0 Å². The lowest BCUT2D eigenvalue weighted by atomic mass is 10.0. The van der Waals surface area contributed by atoms with Gasteiger partial charge in [0.1, 0.15) is 0 Å². The second kappa shape index (κ2) is 9.15. The number of hydrogen-bond donors (Lipinski definition) is 0. The highest BCUT2D eigenvalue weighted by Crippen LogP contribution is 2.75. The summed E-state index contributed by atoms with van der Waals surface area (Å²) in [6, 6.07) is 49.6. The van der Waals surface area contributed by atoms with Gasteiger partial charge in [0.2, 0.25) is 0 Å². The molecule has 1 aliphatic heterocycles. The molecule has 0 radical (unpaired) electrons. The van der Waals surface area contributed by atoms with Crippen molar-refractivity contribution in [1.82, 2.24) is 0 Å². The number of hydrogen-bond acceptors (Lipinski definition) is 0. The fourth-order valence-corrected chi connectivity index (χ4v) is 14.9. The topological polar surface area (TPSA) is 0 Å². The van der Waals surface area contributed by atoms with Crippen molar-refractivity contribution in [2.45, 2.75) is 12.8 Å². The monoisotopic (exact) mass is 496 g/mol. The molecule has 0 aliphatic carbocycles. The molecule has 0 bridgehead atoms. The lowest BCUT2D eigenvalue weighted by molar-refractivity contribution is 1.00. The number of fused-ring (bicyclic) bond motifs is 3. The van der Waals surface area contributed by atoms with Gasteiger partial charge in [-0.3, -0.25) is 0 Å². The van der Waals surface area contributed by atoms with Crippen LogP contribution in [0.3, 0.4) is 0 Å². The van der Waals surface area contributed by atoms with E-state index in [4.69, 9.17) is 0 Å². The number of aryl methyl sites for hydroxylation is 2. The van der Waals surface area contributed by atoms with Crippen molar-refractivity contribution in [3.8, 4) is 44.0 Å². The van der Waals surface area contributed by atoms with Gasteiger partial charge in [0, 0.05) is 10.6 Å². The Morgan fingerprint density at radius 2 is 0.667 bits per heavy atom. The van der Waals surface area contributed by atoms with Gasteiger partial charge < -0.3 is 0 Å². The van der Waals surface area contributed by atoms with Gasteiger partial charge in [0.05, 0.1) is 0 Å². The average Bonchev–Trinajstić information content (AvgIpc) is 3.54. The summed E-state index contributed by atoms with van der Waals surface area (Å²) in [5.41, 5.74) is 8.33. The summed E-state index contributed by atoms with van der Waals surface area (Å²) in [5, 5.41) is 6.50. The molecule has 0 amide bonds. The predicted molar refractivity (Wildman–Crippen MR) is 158 cm³/mol. The van der Waals surface area contributed by atoms with E-state index in [0.29, 0.717) is 0 Å².